The van der Waals surface area contributed by atoms with Crippen LogP contribution in [0.1, 0.15) is 49.4 Å². The molecular formula is C22H30N5NaO4S. The quantitative estimate of drug-likeness (QED) is 0.562. The Morgan fingerprint density at radius 3 is 2.45 bits per heavy atom. The number of nitrogens with zero attached hydrogens (tertiary/aromatic N) is 3. The average Bonchev–Trinajstić information content (AvgIpc) is 3.49. The normalized spacial score (nSPS) is 19.4. The minimum Gasteiger partial charge on any atom is -1.00 e. The van der Waals surface area contributed by atoms with Gasteiger partial charge in [-0.3, -0.25) is 4.68 Å². The molecule has 2 N–H and O–H groups in total. The topological polar surface area (TPSA) is 106 Å². The van der Waals surface area contributed by atoms with Gasteiger partial charge in [-0.2, -0.15) is 13.5 Å². The van der Waals surface area contributed by atoms with Crippen molar-refractivity contribution >= 4 is 27.6 Å². The molecule has 1 fully saturated rings. The van der Waals surface area contributed by atoms with E-state index in [0.29, 0.717) is 18.7 Å². The van der Waals surface area contributed by atoms with Crippen molar-refractivity contribution in [2.24, 2.45) is 7.05 Å². The smallest absolute Gasteiger partial charge is 1.00 e. The Hall–Kier alpha value is -1.59. The number of rotatable bonds is 5. The van der Waals surface area contributed by atoms with Crippen LogP contribution >= 0.6 is 0 Å². The second-order valence-electron chi connectivity index (χ2n) is 8.83. The van der Waals surface area contributed by atoms with Crippen molar-refractivity contribution in [2.75, 3.05) is 22.8 Å². The Labute approximate surface area is 218 Å². The monoisotopic (exact) mass is 483 g/mol. The van der Waals surface area contributed by atoms with E-state index in [0.717, 1.165) is 61.8 Å². The fourth-order valence-electron chi connectivity index (χ4n) is 5.25. The zero-order valence-electron chi connectivity index (χ0n) is 20.3. The van der Waals surface area contributed by atoms with Gasteiger partial charge in [-0.05, 0) is 73.6 Å². The van der Waals surface area contributed by atoms with Crippen LogP contribution < -0.4 is 43.9 Å². The maximum Gasteiger partial charge on any atom is 1.00 e. The first-order chi connectivity index (χ1) is 15.4. The summed E-state index contributed by atoms with van der Waals surface area (Å²) in [4.78, 5) is 13.0. The first-order valence-corrected chi connectivity index (χ1v) is 12.7. The van der Waals surface area contributed by atoms with Crippen molar-refractivity contribution in [1.29, 1.82) is 0 Å². The fraction of sp³-hybridized carbons (Fsp3) is 0.545. The number of aromatic nitrogens is 2. The van der Waals surface area contributed by atoms with Crippen LogP contribution in [0.3, 0.4) is 0 Å². The fourth-order valence-corrected chi connectivity index (χ4v) is 6.56. The van der Waals surface area contributed by atoms with Crippen molar-refractivity contribution in [2.45, 2.75) is 57.4 Å². The molecule has 0 spiro atoms. The predicted molar refractivity (Wildman–Crippen MR) is 122 cm³/mol. The van der Waals surface area contributed by atoms with Crippen LogP contribution in [0.15, 0.2) is 18.5 Å². The van der Waals surface area contributed by atoms with Crippen LogP contribution in [0.2, 0.25) is 0 Å². The molecule has 2 amide bonds. The molecule has 33 heavy (non-hydrogen) atoms. The van der Waals surface area contributed by atoms with E-state index < -0.39 is 22.3 Å². The van der Waals surface area contributed by atoms with Gasteiger partial charge in [0.05, 0.1) is 24.5 Å². The van der Waals surface area contributed by atoms with Gasteiger partial charge in [0, 0.05) is 25.5 Å². The summed E-state index contributed by atoms with van der Waals surface area (Å²) in [6.45, 7) is 0.882. The summed E-state index contributed by atoms with van der Waals surface area (Å²) in [6, 6.07) is 1.14. The zero-order valence-corrected chi connectivity index (χ0v) is 22.1. The minimum atomic E-state index is -4.17. The molecule has 0 bridgehead atoms. The Morgan fingerprint density at radius 1 is 1.18 bits per heavy atom. The van der Waals surface area contributed by atoms with Crippen molar-refractivity contribution in [3.05, 3.63) is 40.7 Å². The average molecular weight is 484 g/mol. The number of hydrogen-bond donors (Lipinski definition) is 2. The molecule has 1 aliphatic heterocycles. The minimum absolute atomic E-state index is 0. The molecule has 9 nitrogen and oxygen atoms in total. The van der Waals surface area contributed by atoms with Crippen LogP contribution in [0.4, 0.5) is 16.2 Å². The van der Waals surface area contributed by atoms with Crippen LogP contribution in [-0.2, 0) is 47.7 Å². The van der Waals surface area contributed by atoms with E-state index in [-0.39, 0.29) is 37.6 Å². The van der Waals surface area contributed by atoms with Gasteiger partial charge >= 0.3 is 45.8 Å². The summed E-state index contributed by atoms with van der Waals surface area (Å²) in [5.41, 5.74) is 6.09. The van der Waals surface area contributed by atoms with Gasteiger partial charge in [0.2, 0.25) is 0 Å². The van der Waals surface area contributed by atoms with Gasteiger partial charge in [-0.15, -0.1) is 0 Å². The number of hydrogen-bond acceptors (Lipinski definition) is 5. The number of urea groups is 1. The van der Waals surface area contributed by atoms with Crippen molar-refractivity contribution in [3.8, 4) is 0 Å². The number of carbonyl (C=O) groups is 1. The number of amides is 2. The number of benzene rings is 1. The summed E-state index contributed by atoms with van der Waals surface area (Å²) < 4.78 is 37.3. The van der Waals surface area contributed by atoms with Crippen molar-refractivity contribution in [3.63, 3.8) is 0 Å². The third-order valence-electron chi connectivity index (χ3n) is 6.61. The maximum atomic E-state index is 13.4. The van der Waals surface area contributed by atoms with Crippen molar-refractivity contribution < 1.29 is 48.9 Å². The Morgan fingerprint density at radius 2 is 1.88 bits per heavy atom. The summed E-state index contributed by atoms with van der Waals surface area (Å²) in [5, 5.41) is 7.02. The second-order valence-corrected chi connectivity index (χ2v) is 10.4. The molecule has 3 aliphatic rings. The van der Waals surface area contributed by atoms with E-state index in [1.165, 1.54) is 26.3 Å². The van der Waals surface area contributed by atoms with Gasteiger partial charge in [-0.25, -0.2) is 13.8 Å². The van der Waals surface area contributed by atoms with Crippen LogP contribution in [0, 0.1) is 0 Å². The number of fused-ring (bicyclic) bond motifs is 2. The molecule has 2 aromatic rings. The molecular weight excluding hydrogens is 453 g/mol. The first-order valence-electron chi connectivity index (χ1n) is 11.3. The maximum absolute atomic E-state index is 13.4. The van der Waals surface area contributed by atoms with Gasteiger partial charge in [0.25, 0.3) is 0 Å². The van der Waals surface area contributed by atoms with Gasteiger partial charge in [0.1, 0.15) is 0 Å². The molecule has 2 aliphatic carbocycles. The molecule has 11 heteroatoms. The van der Waals surface area contributed by atoms with E-state index in [9.17, 15) is 13.2 Å². The van der Waals surface area contributed by atoms with Gasteiger partial charge < -0.3 is 11.5 Å². The Bertz CT molecular complexity index is 1120. The SMILES string of the molecule is Cn1cc(N(C2CCCOC2)S(=O)(=O)NC(=O)Nc2c3c(cc4c2CCC4)CCC3)cn1.[H-].[Na+]. The van der Waals surface area contributed by atoms with E-state index in [1.807, 2.05) is 0 Å². The standard InChI is InChI=1S/C22H29N5O4S.Na.H/c1-26-13-18(12-23-26)27(17-7-4-10-31-14-17)32(29,30)25-22(28)24-21-19-8-2-5-15(19)11-16-6-3-9-20(16)21;;/h11-13,17H,2-10,14H2,1H3,(H2,24,25,28);;/q;+1;-1. The van der Waals surface area contributed by atoms with Gasteiger partial charge in [0.15, 0.2) is 0 Å². The Kier molecular flexibility index (Phi) is 7.40. The van der Waals surface area contributed by atoms with Gasteiger partial charge in [-0.1, -0.05) is 6.07 Å². The zero-order chi connectivity index (χ0) is 22.3. The van der Waals surface area contributed by atoms with Crippen LogP contribution in [-0.4, -0.2) is 43.5 Å². The number of nitrogens with one attached hydrogen (secondary N) is 2. The molecule has 174 valence electrons. The molecule has 1 aromatic heterocycles. The summed E-state index contributed by atoms with van der Waals surface area (Å²) >= 11 is 0. The number of aryl methyl sites for hydroxylation is 3. The summed E-state index contributed by atoms with van der Waals surface area (Å²) in [6.07, 6.45) is 10.5. The first kappa shape index (κ1) is 24.5. The molecule has 1 unspecified atom stereocenters. The summed E-state index contributed by atoms with van der Waals surface area (Å²) in [5.74, 6) is 0. The third kappa shape index (κ3) is 4.95. The molecule has 2 heterocycles. The third-order valence-corrected chi connectivity index (χ3v) is 8.08. The predicted octanol–water partition coefficient (Wildman–Crippen LogP) is -0.434. The number of anilines is 2. The van der Waals surface area contributed by atoms with Crippen LogP contribution in [0.25, 0.3) is 0 Å². The second kappa shape index (κ2) is 9.95. The van der Waals surface area contributed by atoms with E-state index in [1.54, 1.807) is 13.2 Å². The number of ether oxygens (including phenoxy) is 1. The molecule has 0 radical (unpaired) electrons. The van der Waals surface area contributed by atoms with E-state index in [2.05, 4.69) is 21.2 Å². The summed E-state index contributed by atoms with van der Waals surface area (Å²) in [7, 11) is -2.45. The molecule has 1 aromatic carbocycles. The van der Waals surface area contributed by atoms with Crippen LogP contribution in [0.5, 0.6) is 0 Å². The van der Waals surface area contributed by atoms with E-state index >= 15 is 0 Å². The largest absolute Gasteiger partial charge is 1.00 e. The number of carbonyl (C=O) groups excluding carboxylic acids is 1. The van der Waals surface area contributed by atoms with Crippen molar-refractivity contribution in [1.82, 2.24) is 14.5 Å². The van der Waals surface area contributed by atoms with E-state index in [4.69, 9.17) is 4.74 Å². The molecule has 1 atom stereocenters. The molecule has 0 saturated carbocycles. The molecule has 5 rings (SSSR count). The molecule has 1 saturated heterocycles. The Balaban J connectivity index is 0.00000162.